The number of hydrogen-bond donors (Lipinski definition) is 1. The second-order valence-corrected chi connectivity index (χ2v) is 6.90. The van der Waals surface area contributed by atoms with Gasteiger partial charge in [0.05, 0.1) is 0 Å². The van der Waals surface area contributed by atoms with Crippen LogP contribution in [-0.4, -0.2) is 29.6 Å². The fourth-order valence-electron chi connectivity index (χ4n) is 3.30. The SMILES string of the molecule is CC1CCC(C)N(C(C(C)N)C(C)(C)C)C1. The minimum Gasteiger partial charge on any atom is -0.327 e. The molecule has 1 saturated heterocycles. The molecule has 0 spiro atoms. The Balaban J connectivity index is 2.84. The fourth-order valence-corrected chi connectivity index (χ4v) is 3.30. The molecule has 2 N–H and O–H groups in total. The van der Waals surface area contributed by atoms with E-state index in [2.05, 4.69) is 46.4 Å². The van der Waals surface area contributed by atoms with E-state index in [-0.39, 0.29) is 11.5 Å². The monoisotopic (exact) mass is 226 g/mol. The highest BCUT2D eigenvalue weighted by Crippen LogP contribution is 2.32. The average molecular weight is 226 g/mol. The van der Waals surface area contributed by atoms with Crippen LogP contribution in [0.1, 0.15) is 54.4 Å². The second-order valence-electron chi connectivity index (χ2n) is 6.90. The first-order chi connectivity index (χ1) is 7.23. The van der Waals surface area contributed by atoms with Gasteiger partial charge in [-0.3, -0.25) is 4.90 Å². The lowest BCUT2D eigenvalue weighted by Gasteiger charge is -2.49. The van der Waals surface area contributed by atoms with Crippen molar-refractivity contribution in [1.82, 2.24) is 4.90 Å². The third kappa shape index (κ3) is 3.21. The highest BCUT2D eigenvalue weighted by atomic mass is 15.2. The topological polar surface area (TPSA) is 29.3 Å². The van der Waals surface area contributed by atoms with Gasteiger partial charge >= 0.3 is 0 Å². The fraction of sp³-hybridized carbons (Fsp3) is 1.00. The van der Waals surface area contributed by atoms with Crippen LogP contribution in [0.2, 0.25) is 0 Å². The van der Waals surface area contributed by atoms with Crippen molar-refractivity contribution in [1.29, 1.82) is 0 Å². The minimum absolute atomic E-state index is 0.243. The molecule has 2 nitrogen and oxygen atoms in total. The maximum atomic E-state index is 6.22. The molecule has 16 heavy (non-hydrogen) atoms. The van der Waals surface area contributed by atoms with Gasteiger partial charge in [0.1, 0.15) is 0 Å². The Morgan fingerprint density at radius 2 is 1.75 bits per heavy atom. The second kappa shape index (κ2) is 5.05. The molecule has 4 atom stereocenters. The van der Waals surface area contributed by atoms with Crippen LogP contribution < -0.4 is 5.73 Å². The molecule has 0 aromatic rings. The molecule has 1 aliphatic rings. The van der Waals surface area contributed by atoms with E-state index in [1.54, 1.807) is 0 Å². The van der Waals surface area contributed by atoms with Gasteiger partial charge in [0.2, 0.25) is 0 Å². The van der Waals surface area contributed by atoms with Crippen LogP contribution in [0.25, 0.3) is 0 Å². The lowest BCUT2D eigenvalue weighted by Crippen LogP contribution is -2.58. The first-order valence-electron chi connectivity index (χ1n) is 6.74. The van der Waals surface area contributed by atoms with E-state index in [4.69, 9.17) is 5.73 Å². The molecule has 1 heterocycles. The Kier molecular flexibility index (Phi) is 4.42. The highest BCUT2D eigenvalue weighted by molar-refractivity contribution is 4.93. The van der Waals surface area contributed by atoms with E-state index >= 15 is 0 Å². The molecule has 0 aromatic heterocycles. The summed E-state index contributed by atoms with van der Waals surface area (Å²) < 4.78 is 0. The zero-order valence-corrected chi connectivity index (χ0v) is 12.0. The van der Waals surface area contributed by atoms with E-state index in [0.29, 0.717) is 12.1 Å². The quantitative estimate of drug-likeness (QED) is 0.784. The van der Waals surface area contributed by atoms with Gasteiger partial charge in [0.25, 0.3) is 0 Å². The predicted octanol–water partition coefficient (Wildman–Crippen LogP) is 2.87. The molecule has 1 aliphatic heterocycles. The van der Waals surface area contributed by atoms with Gasteiger partial charge in [-0.25, -0.2) is 0 Å². The standard InChI is InChI=1S/C14H30N2/c1-10-7-8-11(2)16(9-10)13(12(3)15)14(4,5)6/h10-13H,7-9,15H2,1-6H3. The minimum atomic E-state index is 0.243. The van der Waals surface area contributed by atoms with Gasteiger partial charge in [0.15, 0.2) is 0 Å². The molecule has 1 fully saturated rings. The molecule has 0 aromatic carbocycles. The van der Waals surface area contributed by atoms with Crippen molar-refractivity contribution in [2.75, 3.05) is 6.54 Å². The summed E-state index contributed by atoms with van der Waals surface area (Å²) in [5.41, 5.74) is 6.48. The van der Waals surface area contributed by atoms with Gasteiger partial charge < -0.3 is 5.73 Å². The summed E-state index contributed by atoms with van der Waals surface area (Å²) in [7, 11) is 0. The van der Waals surface area contributed by atoms with Crippen LogP contribution in [0.5, 0.6) is 0 Å². The number of nitrogens with zero attached hydrogens (tertiary/aromatic N) is 1. The average Bonchev–Trinajstić information content (AvgIpc) is 2.08. The van der Waals surface area contributed by atoms with Gasteiger partial charge in [-0.05, 0) is 38.0 Å². The van der Waals surface area contributed by atoms with Crippen molar-refractivity contribution in [2.24, 2.45) is 17.1 Å². The maximum Gasteiger partial charge on any atom is 0.0295 e. The summed E-state index contributed by atoms with van der Waals surface area (Å²) in [5.74, 6) is 0.819. The molecule has 0 bridgehead atoms. The molecule has 0 aliphatic carbocycles. The van der Waals surface area contributed by atoms with E-state index in [1.807, 2.05) is 0 Å². The summed E-state index contributed by atoms with van der Waals surface area (Å²) in [6, 6.07) is 1.42. The van der Waals surface area contributed by atoms with Crippen molar-refractivity contribution >= 4 is 0 Å². The van der Waals surface area contributed by atoms with Crippen molar-refractivity contribution in [2.45, 2.75) is 72.5 Å². The number of nitrogens with two attached hydrogens (primary N) is 1. The Labute approximate surface area is 102 Å². The Hall–Kier alpha value is -0.0800. The van der Waals surface area contributed by atoms with Gasteiger partial charge in [-0.15, -0.1) is 0 Å². The predicted molar refractivity (Wildman–Crippen MR) is 71.5 cm³/mol. The van der Waals surface area contributed by atoms with Crippen molar-refractivity contribution < 1.29 is 0 Å². The largest absolute Gasteiger partial charge is 0.327 e. The van der Waals surface area contributed by atoms with Crippen LogP contribution >= 0.6 is 0 Å². The maximum absolute atomic E-state index is 6.22. The normalized spacial score (nSPS) is 32.4. The molecule has 96 valence electrons. The number of rotatable bonds is 2. The summed E-state index contributed by atoms with van der Waals surface area (Å²) in [4.78, 5) is 2.65. The zero-order valence-electron chi connectivity index (χ0n) is 12.0. The van der Waals surface area contributed by atoms with Crippen molar-refractivity contribution in [3.05, 3.63) is 0 Å². The summed E-state index contributed by atoms with van der Waals surface area (Å²) >= 11 is 0. The third-order valence-corrected chi connectivity index (χ3v) is 3.91. The summed E-state index contributed by atoms with van der Waals surface area (Å²) in [6.07, 6.45) is 2.69. The Bertz CT molecular complexity index is 217. The molecule has 2 heteroatoms. The lowest BCUT2D eigenvalue weighted by molar-refractivity contribution is 0.0117. The Morgan fingerprint density at radius 1 is 1.19 bits per heavy atom. The molecule has 0 radical (unpaired) electrons. The van der Waals surface area contributed by atoms with Gasteiger partial charge in [-0.2, -0.15) is 0 Å². The van der Waals surface area contributed by atoms with E-state index < -0.39 is 0 Å². The molecule has 0 saturated carbocycles. The summed E-state index contributed by atoms with van der Waals surface area (Å²) in [6.45, 7) is 15.0. The number of likely N-dealkylation sites (tertiary alicyclic amines) is 1. The Morgan fingerprint density at radius 3 is 2.19 bits per heavy atom. The zero-order chi connectivity index (χ0) is 12.5. The highest BCUT2D eigenvalue weighted by Gasteiger charge is 2.37. The third-order valence-electron chi connectivity index (χ3n) is 3.91. The lowest BCUT2D eigenvalue weighted by atomic mass is 9.79. The van der Waals surface area contributed by atoms with E-state index in [1.165, 1.54) is 19.4 Å². The van der Waals surface area contributed by atoms with Gasteiger partial charge in [-0.1, -0.05) is 27.7 Å². The van der Waals surface area contributed by atoms with Crippen LogP contribution in [0.3, 0.4) is 0 Å². The first kappa shape index (κ1) is 14.0. The van der Waals surface area contributed by atoms with Crippen LogP contribution in [0.4, 0.5) is 0 Å². The van der Waals surface area contributed by atoms with Crippen LogP contribution in [-0.2, 0) is 0 Å². The molecular weight excluding hydrogens is 196 g/mol. The van der Waals surface area contributed by atoms with Crippen LogP contribution in [0, 0.1) is 11.3 Å². The van der Waals surface area contributed by atoms with E-state index in [9.17, 15) is 0 Å². The molecular formula is C14H30N2. The van der Waals surface area contributed by atoms with Gasteiger partial charge in [0, 0.05) is 24.7 Å². The number of hydrogen-bond acceptors (Lipinski definition) is 2. The van der Waals surface area contributed by atoms with Crippen molar-refractivity contribution in [3.8, 4) is 0 Å². The first-order valence-corrected chi connectivity index (χ1v) is 6.74. The smallest absolute Gasteiger partial charge is 0.0295 e. The van der Waals surface area contributed by atoms with Crippen LogP contribution in [0.15, 0.2) is 0 Å². The van der Waals surface area contributed by atoms with E-state index in [0.717, 1.165) is 5.92 Å². The summed E-state index contributed by atoms with van der Waals surface area (Å²) in [5, 5.41) is 0. The number of piperidine rings is 1. The molecule has 1 rings (SSSR count). The molecule has 4 unspecified atom stereocenters. The molecule has 0 amide bonds. The van der Waals surface area contributed by atoms with Crippen molar-refractivity contribution in [3.63, 3.8) is 0 Å².